The fourth-order valence-electron chi connectivity index (χ4n) is 0.280. The Morgan fingerprint density at radius 2 is 2.25 bits per heavy atom. The summed E-state index contributed by atoms with van der Waals surface area (Å²) in [6.45, 7) is 2.64. The van der Waals surface area contributed by atoms with Crippen LogP contribution in [0.25, 0.3) is 0 Å². The van der Waals surface area contributed by atoms with Crippen LogP contribution in [0.3, 0.4) is 0 Å². The summed E-state index contributed by atoms with van der Waals surface area (Å²) in [5.74, 6) is 0. The van der Waals surface area contributed by atoms with Crippen LogP contribution in [-0.2, 0) is 9.53 Å². The average molecular weight is 114 g/mol. The molecule has 0 spiro atoms. The summed E-state index contributed by atoms with van der Waals surface area (Å²) in [6, 6.07) is 0. The summed E-state index contributed by atoms with van der Waals surface area (Å²) >= 11 is 0. The van der Waals surface area contributed by atoms with Gasteiger partial charge in [-0.3, -0.25) is 0 Å². The first-order chi connectivity index (χ1) is 3.91. The van der Waals surface area contributed by atoms with Gasteiger partial charge in [0, 0.05) is 0 Å². The van der Waals surface area contributed by atoms with Crippen LogP contribution in [0.1, 0.15) is 6.92 Å². The zero-order valence-electron chi connectivity index (χ0n) is 4.96. The number of carbonyl (C=O) groups excluding carboxylic acids is 1. The molecule has 0 aromatic carbocycles. The molecule has 0 rings (SSSR count). The van der Waals surface area contributed by atoms with Gasteiger partial charge in [0.05, 0.1) is 6.61 Å². The molecule has 0 aliphatic carbocycles. The second kappa shape index (κ2) is 6.37. The van der Waals surface area contributed by atoms with Crippen molar-refractivity contribution >= 4 is 6.29 Å². The number of hydrogen-bond donors (Lipinski definition) is 0. The number of allylic oxidation sites excluding steroid dienone is 1. The Bertz CT molecular complexity index is 76.6. The predicted octanol–water partition coefficient (Wildman–Crippen LogP) is 0.778. The van der Waals surface area contributed by atoms with Gasteiger partial charge < -0.3 is 9.53 Å². The summed E-state index contributed by atoms with van der Waals surface area (Å²) < 4.78 is 4.77. The van der Waals surface area contributed by atoms with E-state index in [2.05, 4.69) is 0 Å². The van der Waals surface area contributed by atoms with Gasteiger partial charge in [0.2, 0.25) is 0 Å². The zero-order chi connectivity index (χ0) is 6.24. The Kier molecular flexibility index (Phi) is 5.87. The van der Waals surface area contributed by atoms with E-state index in [0.717, 1.165) is 6.29 Å². The minimum Gasteiger partial charge on any atom is -0.370 e. The number of carbonyl (C=O) groups is 1. The monoisotopic (exact) mass is 114 g/mol. The quantitative estimate of drug-likeness (QED) is 0.306. The van der Waals surface area contributed by atoms with E-state index in [4.69, 9.17) is 4.74 Å². The molecule has 2 heteroatoms. The summed E-state index contributed by atoms with van der Waals surface area (Å²) in [6.07, 6.45) is 4.47. The molecule has 0 aromatic rings. The Labute approximate surface area is 49.1 Å². The lowest BCUT2D eigenvalue weighted by Gasteiger charge is -1.88. The Morgan fingerprint density at radius 3 is 2.75 bits per heavy atom. The molecule has 0 aliphatic heterocycles. The van der Waals surface area contributed by atoms with Crippen molar-refractivity contribution in [1.82, 2.24) is 0 Å². The fourth-order valence-corrected chi connectivity index (χ4v) is 0.280. The van der Waals surface area contributed by atoms with Gasteiger partial charge in [-0.05, 0) is 6.92 Å². The van der Waals surface area contributed by atoms with E-state index in [9.17, 15) is 4.79 Å². The van der Waals surface area contributed by atoms with E-state index in [0.29, 0.717) is 6.61 Å². The maximum Gasteiger partial charge on any atom is 0.145 e. The van der Waals surface area contributed by atoms with E-state index in [1.54, 1.807) is 0 Å². The predicted molar refractivity (Wildman–Crippen MR) is 31.7 cm³/mol. The molecule has 0 saturated carbocycles. The lowest BCUT2D eigenvalue weighted by atomic mass is 10.5. The van der Waals surface area contributed by atoms with Gasteiger partial charge in [0.25, 0.3) is 0 Å². The number of hydrogen-bond acceptors (Lipinski definition) is 2. The molecule has 0 radical (unpaired) electrons. The van der Waals surface area contributed by atoms with Crippen molar-refractivity contribution < 1.29 is 9.53 Å². The van der Waals surface area contributed by atoms with Crippen LogP contribution >= 0.6 is 0 Å². The molecule has 0 bridgehead atoms. The minimum absolute atomic E-state index is 0.199. The zero-order valence-corrected chi connectivity index (χ0v) is 4.96. The van der Waals surface area contributed by atoms with E-state index in [1.807, 2.05) is 19.1 Å². The Balaban J connectivity index is 2.82. The third-order valence-electron chi connectivity index (χ3n) is 0.636. The molecule has 0 aliphatic rings. The largest absolute Gasteiger partial charge is 0.370 e. The molecule has 0 fully saturated rings. The molecule has 0 saturated heterocycles. The highest BCUT2D eigenvalue weighted by Crippen LogP contribution is 1.73. The molecule has 0 amide bonds. The van der Waals surface area contributed by atoms with Crippen LogP contribution in [0.2, 0.25) is 0 Å². The fraction of sp³-hybridized carbons (Fsp3) is 0.500. The van der Waals surface area contributed by atoms with Crippen LogP contribution in [0.15, 0.2) is 12.2 Å². The van der Waals surface area contributed by atoms with Crippen LogP contribution in [0.5, 0.6) is 0 Å². The van der Waals surface area contributed by atoms with E-state index >= 15 is 0 Å². The highest BCUT2D eigenvalue weighted by Gasteiger charge is 1.75. The summed E-state index contributed by atoms with van der Waals surface area (Å²) in [5.41, 5.74) is 0. The molecular weight excluding hydrogens is 104 g/mol. The Morgan fingerprint density at radius 1 is 1.50 bits per heavy atom. The van der Waals surface area contributed by atoms with Crippen molar-refractivity contribution in [2.45, 2.75) is 6.92 Å². The number of aldehydes is 1. The molecular formula is C6H10O2. The van der Waals surface area contributed by atoms with Gasteiger partial charge in [0.15, 0.2) is 0 Å². The maximum absolute atomic E-state index is 9.62. The van der Waals surface area contributed by atoms with Gasteiger partial charge in [-0.15, -0.1) is 0 Å². The smallest absolute Gasteiger partial charge is 0.145 e. The highest BCUT2D eigenvalue weighted by molar-refractivity contribution is 5.50. The maximum atomic E-state index is 9.62. The van der Waals surface area contributed by atoms with Gasteiger partial charge >= 0.3 is 0 Å². The molecule has 0 heterocycles. The van der Waals surface area contributed by atoms with Crippen LogP contribution in [0, 0.1) is 0 Å². The van der Waals surface area contributed by atoms with Crippen molar-refractivity contribution in [3.05, 3.63) is 12.2 Å². The van der Waals surface area contributed by atoms with Crippen molar-refractivity contribution in [2.75, 3.05) is 13.2 Å². The molecule has 46 valence electrons. The summed E-state index contributed by atoms with van der Waals surface area (Å²) in [5, 5.41) is 0. The number of ether oxygens (including phenoxy) is 1. The lowest BCUT2D eigenvalue weighted by molar-refractivity contribution is -0.111. The van der Waals surface area contributed by atoms with Crippen molar-refractivity contribution in [3.63, 3.8) is 0 Å². The van der Waals surface area contributed by atoms with E-state index in [1.165, 1.54) is 0 Å². The SMILES string of the molecule is C/C=C/COCC=O. The minimum atomic E-state index is 0.199. The van der Waals surface area contributed by atoms with Gasteiger partial charge in [-0.2, -0.15) is 0 Å². The van der Waals surface area contributed by atoms with E-state index < -0.39 is 0 Å². The van der Waals surface area contributed by atoms with Crippen molar-refractivity contribution in [3.8, 4) is 0 Å². The third-order valence-corrected chi connectivity index (χ3v) is 0.636. The first-order valence-electron chi connectivity index (χ1n) is 2.54. The van der Waals surface area contributed by atoms with Gasteiger partial charge in [0.1, 0.15) is 12.9 Å². The van der Waals surface area contributed by atoms with Crippen LogP contribution in [-0.4, -0.2) is 19.5 Å². The van der Waals surface area contributed by atoms with Crippen LogP contribution < -0.4 is 0 Å². The standard InChI is InChI=1S/C6H10O2/c1-2-3-5-8-6-4-7/h2-4H,5-6H2,1H3/b3-2+. The second-order valence-corrected chi connectivity index (χ2v) is 1.27. The van der Waals surface area contributed by atoms with Crippen molar-refractivity contribution in [2.24, 2.45) is 0 Å². The topological polar surface area (TPSA) is 26.3 Å². The lowest BCUT2D eigenvalue weighted by Crippen LogP contribution is -1.93. The second-order valence-electron chi connectivity index (χ2n) is 1.27. The molecule has 8 heavy (non-hydrogen) atoms. The van der Waals surface area contributed by atoms with Gasteiger partial charge in [-0.25, -0.2) is 0 Å². The molecule has 0 N–H and O–H groups in total. The first-order valence-corrected chi connectivity index (χ1v) is 2.54. The first kappa shape index (κ1) is 7.37. The van der Waals surface area contributed by atoms with Gasteiger partial charge in [-0.1, -0.05) is 12.2 Å². The number of rotatable bonds is 4. The normalized spacial score (nSPS) is 10.1. The van der Waals surface area contributed by atoms with Crippen molar-refractivity contribution in [1.29, 1.82) is 0 Å². The third kappa shape index (κ3) is 5.37. The summed E-state index contributed by atoms with van der Waals surface area (Å²) in [7, 11) is 0. The van der Waals surface area contributed by atoms with Crippen LogP contribution in [0.4, 0.5) is 0 Å². The molecule has 0 atom stereocenters. The van der Waals surface area contributed by atoms with E-state index in [-0.39, 0.29) is 6.61 Å². The Hall–Kier alpha value is -0.630. The molecule has 0 unspecified atom stereocenters. The molecule has 0 aromatic heterocycles. The highest BCUT2D eigenvalue weighted by atomic mass is 16.5. The molecule has 2 nitrogen and oxygen atoms in total. The average Bonchev–Trinajstić information content (AvgIpc) is 1.81. The summed E-state index contributed by atoms with van der Waals surface area (Å²) in [4.78, 5) is 9.62.